The summed E-state index contributed by atoms with van der Waals surface area (Å²) < 4.78 is 30.6. The molecule has 0 rings (SSSR count). The number of quaternary nitrogens is 1. The summed E-state index contributed by atoms with van der Waals surface area (Å²) in [6.07, 6.45) is 70.8. The van der Waals surface area contributed by atoms with Crippen LogP contribution in [0.25, 0.3) is 0 Å². The molecular formula is C63H110N2O7P+. The van der Waals surface area contributed by atoms with E-state index in [4.69, 9.17) is 13.8 Å². The monoisotopic (exact) mass is 1040 g/mol. The molecule has 0 aliphatic heterocycles. The number of amides is 1. The number of hydrogen-bond acceptors (Lipinski definition) is 6. The van der Waals surface area contributed by atoms with Crippen molar-refractivity contribution in [3.63, 3.8) is 0 Å². The standard InChI is InChI=1S/C63H109N2O7P/c1-7-10-13-16-19-22-25-28-30-32-34-37-40-43-46-49-52-55-62(66)64-60(59-71-73(68,69)70-58-57-65(4,5)6)61(54-51-48-45-42-39-36-27-24-21-18-15-12-9-3)72-63(67)56-53-50-47-44-41-38-35-33-31-29-26-23-20-17-14-11-8-2/h10,13,16,19-20,22-23,25,28-32,34,37,40,51,54,60-61H,7-9,11-12,14-15,17-18,21,24,26-27,33,35-36,38-39,41-50,52-53,55-59H2,1-6H3,(H-,64,66,68,69)/p+1/b13-10-,19-16+,23-20-,25-22+,30-28-,31-29-,34-32+,40-37+,54-51+. The van der Waals surface area contributed by atoms with Gasteiger partial charge in [0.2, 0.25) is 5.91 Å². The lowest BCUT2D eigenvalue weighted by molar-refractivity contribution is -0.870. The van der Waals surface area contributed by atoms with Gasteiger partial charge in [-0.05, 0) is 83.1 Å². The van der Waals surface area contributed by atoms with Gasteiger partial charge in [0, 0.05) is 12.8 Å². The molecule has 2 N–H and O–H groups in total. The zero-order valence-electron chi connectivity index (χ0n) is 47.6. The van der Waals surface area contributed by atoms with Crippen LogP contribution < -0.4 is 5.32 Å². The minimum atomic E-state index is -4.47. The highest BCUT2D eigenvalue weighted by Gasteiger charge is 2.30. The predicted molar refractivity (Wildman–Crippen MR) is 313 cm³/mol. The summed E-state index contributed by atoms with van der Waals surface area (Å²) in [7, 11) is 1.44. The van der Waals surface area contributed by atoms with E-state index in [1.54, 1.807) is 0 Å². The zero-order chi connectivity index (χ0) is 53.6. The molecule has 0 spiro atoms. The Morgan fingerprint density at radius 3 is 1.47 bits per heavy atom. The molecule has 0 aromatic heterocycles. The summed E-state index contributed by atoms with van der Waals surface area (Å²) in [6.45, 7) is 6.78. The van der Waals surface area contributed by atoms with E-state index in [9.17, 15) is 19.0 Å². The SMILES string of the molecule is CC\C=C/C=C/C=C/C=C\C=C\C=C\CCCCCC(=O)NC(COP(=O)(O)OCC[N+](C)(C)C)C(/C=C/CCCCCCCCCCCCC)OC(=O)CCCCCCCCC/C=C\C/C=C\CCCCC. The number of likely N-dealkylation sites (N-methyl/N-ethyl adjacent to an activating group) is 1. The Hall–Kier alpha value is -3.33. The molecule has 0 radical (unpaired) electrons. The molecule has 0 bridgehead atoms. The molecular weight excluding hydrogens is 928 g/mol. The number of allylic oxidation sites excluding steroid dienone is 17. The van der Waals surface area contributed by atoms with Crippen LogP contribution in [-0.4, -0.2) is 74.3 Å². The normalized spacial score (nSPS) is 14.6. The Morgan fingerprint density at radius 1 is 0.507 bits per heavy atom. The minimum Gasteiger partial charge on any atom is -0.456 e. The highest BCUT2D eigenvalue weighted by molar-refractivity contribution is 7.47. The van der Waals surface area contributed by atoms with Crippen LogP contribution in [0.3, 0.4) is 0 Å². The first-order valence-electron chi connectivity index (χ1n) is 29.3. The van der Waals surface area contributed by atoms with Gasteiger partial charge in [-0.2, -0.15) is 0 Å². The van der Waals surface area contributed by atoms with Gasteiger partial charge in [0.15, 0.2) is 0 Å². The van der Waals surface area contributed by atoms with Crippen LogP contribution >= 0.6 is 7.82 Å². The summed E-state index contributed by atoms with van der Waals surface area (Å²) in [5.41, 5.74) is 0. The Bertz CT molecular complexity index is 1620. The third kappa shape index (κ3) is 53.3. The minimum absolute atomic E-state index is 0.0239. The van der Waals surface area contributed by atoms with Crippen LogP contribution in [0.4, 0.5) is 0 Å². The second-order valence-electron chi connectivity index (χ2n) is 20.6. The highest BCUT2D eigenvalue weighted by Crippen LogP contribution is 2.43. The van der Waals surface area contributed by atoms with Crippen molar-refractivity contribution in [1.29, 1.82) is 0 Å². The van der Waals surface area contributed by atoms with E-state index >= 15 is 0 Å². The lowest BCUT2D eigenvalue weighted by Crippen LogP contribution is -2.47. The fraction of sp³-hybridized carbons (Fsp3) is 0.683. The van der Waals surface area contributed by atoms with Crippen molar-refractivity contribution in [2.24, 2.45) is 0 Å². The summed E-state index contributed by atoms with van der Waals surface area (Å²) in [6, 6.07) is -0.881. The Morgan fingerprint density at radius 2 is 0.932 bits per heavy atom. The van der Waals surface area contributed by atoms with E-state index in [1.165, 1.54) is 103 Å². The van der Waals surface area contributed by atoms with Crippen molar-refractivity contribution in [3.05, 3.63) is 109 Å². The van der Waals surface area contributed by atoms with Crippen molar-refractivity contribution >= 4 is 19.7 Å². The molecule has 0 saturated carbocycles. The maximum absolute atomic E-state index is 13.5. The predicted octanol–water partition coefficient (Wildman–Crippen LogP) is 17.8. The van der Waals surface area contributed by atoms with Gasteiger partial charge in [-0.15, -0.1) is 0 Å². The van der Waals surface area contributed by atoms with Crippen LogP contribution in [0.15, 0.2) is 109 Å². The molecule has 10 heteroatoms. The van der Waals surface area contributed by atoms with Gasteiger partial charge in [0.05, 0.1) is 33.8 Å². The zero-order valence-corrected chi connectivity index (χ0v) is 48.5. The number of phosphoric acid groups is 1. The van der Waals surface area contributed by atoms with E-state index in [1.807, 2.05) is 94.1 Å². The first-order valence-corrected chi connectivity index (χ1v) is 30.8. The number of phosphoric ester groups is 1. The second kappa shape index (κ2) is 52.1. The van der Waals surface area contributed by atoms with Gasteiger partial charge >= 0.3 is 13.8 Å². The van der Waals surface area contributed by atoms with Crippen molar-refractivity contribution in [3.8, 4) is 0 Å². The van der Waals surface area contributed by atoms with Crippen molar-refractivity contribution in [1.82, 2.24) is 5.32 Å². The molecule has 3 atom stereocenters. The number of nitrogens with one attached hydrogen (secondary N) is 1. The fourth-order valence-electron chi connectivity index (χ4n) is 7.82. The molecule has 3 unspecified atom stereocenters. The van der Waals surface area contributed by atoms with E-state index in [0.717, 1.165) is 83.5 Å². The molecule has 0 heterocycles. The third-order valence-electron chi connectivity index (χ3n) is 12.4. The average Bonchev–Trinajstić information content (AvgIpc) is 3.35. The summed E-state index contributed by atoms with van der Waals surface area (Å²) >= 11 is 0. The molecule has 0 aromatic rings. The molecule has 9 nitrogen and oxygen atoms in total. The number of ether oxygens (including phenoxy) is 1. The lowest BCUT2D eigenvalue weighted by atomic mass is 10.0. The molecule has 418 valence electrons. The number of rotatable bonds is 51. The van der Waals surface area contributed by atoms with E-state index < -0.39 is 20.0 Å². The van der Waals surface area contributed by atoms with Gasteiger partial charge in [-0.1, -0.05) is 240 Å². The molecule has 0 aliphatic carbocycles. The number of esters is 1. The number of carbonyl (C=O) groups is 2. The fourth-order valence-corrected chi connectivity index (χ4v) is 8.56. The summed E-state index contributed by atoms with van der Waals surface area (Å²) in [5, 5.41) is 3.02. The van der Waals surface area contributed by atoms with Crippen LogP contribution in [0.2, 0.25) is 0 Å². The lowest BCUT2D eigenvalue weighted by Gasteiger charge is -2.27. The van der Waals surface area contributed by atoms with Gasteiger partial charge in [-0.25, -0.2) is 4.57 Å². The van der Waals surface area contributed by atoms with Gasteiger partial charge in [0.1, 0.15) is 19.3 Å². The first kappa shape index (κ1) is 69.7. The maximum Gasteiger partial charge on any atom is 0.472 e. The number of nitrogens with zero attached hydrogens (tertiary/aromatic N) is 1. The van der Waals surface area contributed by atoms with Gasteiger partial charge in [0.25, 0.3) is 0 Å². The molecule has 0 aliphatic rings. The Labute approximate surface area is 449 Å². The van der Waals surface area contributed by atoms with E-state index in [-0.39, 0.29) is 37.9 Å². The largest absolute Gasteiger partial charge is 0.472 e. The smallest absolute Gasteiger partial charge is 0.456 e. The first-order chi connectivity index (χ1) is 35.4. The van der Waals surface area contributed by atoms with Crippen LogP contribution in [-0.2, 0) is 27.9 Å². The maximum atomic E-state index is 13.5. The van der Waals surface area contributed by atoms with Crippen molar-refractivity contribution in [2.75, 3.05) is 40.9 Å². The molecule has 0 aromatic carbocycles. The van der Waals surface area contributed by atoms with E-state index in [0.29, 0.717) is 17.4 Å². The highest BCUT2D eigenvalue weighted by atomic mass is 31.2. The molecule has 1 amide bonds. The van der Waals surface area contributed by atoms with Crippen molar-refractivity contribution < 1.29 is 37.3 Å². The Balaban J connectivity index is 5.47. The summed E-state index contributed by atoms with van der Waals surface area (Å²) in [4.78, 5) is 37.6. The molecule has 0 saturated heterocycles. The van der Waals surface area contributed by atoms with Gasteiger partial charge in [-0.3, -0.25) is 18.6 Å². The average molecular weight is 1040 g/mol. The number of hydrogen-bond donors (Lipinski definition) is 2. The van der Waals surface area contributed by atoms with Crippen molar-refractivity contribution in [2.45, 2.75) is 238 Å². The van der Waals surface area contributed by atoms with Crippen LogP contribution in [0.1, 0.15) is 226 Å². The third-order valence-corrected chi connectivity index (χ3v) is 13.3. The van der Waals surface area contributed by atoms with Crippen LogP contribution in [0.5, 0.6) is 0 Å². The van der Waals surface area contributed by atoms with Crippen LogP contribution in [0, 0.1) is 0 Å². The molecule has 0 fully saturated rings. The number of unbranched alkanes of at least 4 members (excludes halogenated alkanes) is 24. The summed E-state index contributed by atoms with van der Waals surface area (Å²) in [5.74, 6) is -0.572. The quantitative estimate of drug-likeness (QED) is 0.0156. The Kier molecular flexibility index (Phi) is 49.7. The number of carbonyl (C=O) groups excluding carboxylic acids is 2. The second-order valence-corrected chi connectivity index (χ2v) is 22.0. The molecule has 73 heavy (non-hydrogen) atoms. The topological polar surface area (TPSA) is 111 Å². The van der Waals surface area contributed by atoms with E-state index in [2.05, 4.69) is 62.5 Å². The van der Waals surface area contributed by atoms with Gasteiger partial charge < -0.3 is 19.4 Å².